The molecule has 31 heavy (non-hydrogen) atoms. The number of nitrogens with zero attached hydrogens (tertiary/aromatic N) is 1. The van der Waals surface area contributed by atoms with E-state index >= 15 is 0 Å². The number of carbonyl (C=O) groups excluding carboxylic acids is 1. The highest BCUT2D eigenvalue weighted by molar-refractivity contribution is 7.21. The van der Waals surface area contributed by atoms with Crippen LogP contribution >= 0.6 is 11.3 Å². The summed E-state index contributed by atoms with van der Waals surface area (Å²) in [6, 6.07) is 21.3. The molecule has 5 heteroatoms. The van der Waals surface area contributed by atoms with E-state index in [2.05, 4.69) is 31.2 Å². The number of benzene rings is 4. The first-order valence-corrected chi connectivity index (χ1v) is 11.2. The molecule has 4 aromatic carbocycles. The molecule has 1 aromatic heterocycles. The maximum absolute atomic E-state index is 12.3. The van der Waals surface area contributed by atoms with E-state index in [0.29, 0.717) is 17.7 Å². The lowest BCUT2D eigenvalue weighted by atomic mass is 10.0. The molecule has 4 nitrogen and oxygen atoms in total. The van der Waals surface area contributed by atoms with Crippen molar-refractivity contribution in [1.29, 1.82) is 0 Å². The molecule has 0 fully saturated rings. The summed E-state index contributed by atoms with van der Waals surface area (Å²) >= 11 is 1.55. The lowest BCUT2D eigenvalue weighted by Crippen LogP contribution is -2.06. The molecule has 0 amide bonds. The molecule has 0 saturated heterocycles. The smallest absolute Gasteiger partial charge is 0.338 e. The van der Waals surface area contributed by atoms with Crippen molar-refractivity contribution in [3.05, 3.63) is 72.3 Å². The third-order valence-electron chi connectivity index (χ3n) is 5.44. The number of carbonyl (C=O) groups is 1. The second-order valence-corrected chi connectivity index (χ2v) is 8.60. The number of aromatic nitrogens is 1. The monoisotopic (exact) mass is 427 g/mol. The van der Waals surface area contributed by atoms with E-state index in [0.717, 1.165) is 49.6 Å². The number of fused-ring (bicyclic) bond motifs is 4. The van der Waals surface area contributed by atoms with Crippen molar-refractivity contribution in [2.75, 3.05) is 6.61 Å². The normalized spacial score (nSPS) is 11.4. The number of aromatic hydroxyl groups is 1. The Morgan fingerprint density at radius 2 is 1.84 bits per heavy atom. The first kappa shape index (κ1) is 19.5. The van der Waals surface area contributed by atoms with Crippen LogP contribution in [0.4, 0.5) is 0 Å². The molecule has 154 valence electrons. The Morgan fingerprint density at radius 3 is 2.71 bits per heavy atom. The molecule has 5 rings (SSSR count). The van der Waals surface area contributed by atoms with E-state index in [4.69, 9.17) is 9.72 Å². The first-order chi connectivity index (χ1) is 15.1. The average Bonchev–Trinajstić information content (AvgIpc) is 3.23. The highest BCUT2D eigenvalue weighted by Crippen LogP contribution is 2.39. The quantitative estimate of drug-likeness (QED) is 0.244. The second-order valence-electron chi connectivity index (χ2n) is 7.57. The fourth-order valence-corrected chi connectivity index (χ4v) is 4.76. The molecule has 1 heterocycles. The number of hydrogen-bond donors (Lipinski definition) is 1. The van der Waals surface area contributed by atoms with Crippen LogP contribution in [0.2, 0.25) is 0 Å². The Balaban J connectivity index is 1.58. The molecule has 0 bridgehead atoms. The van der Waals surface area contributed by atoms with E-state index in [9.17, 15) is 9.90 Å². The van der Waals surface area contributed by atoms with Crippen LogP contribution in [0.3, 0.4) is 0 Å². The van der Waals surface area contributed by atoms with E-state index in [1.165, 1.54) is 0 Å². The van der Waals surface area contributed by atoms with Crippen LogP contribution in [0.1, 0.15) is 30.1 Å². The molecule has 5 aromatic rings. The highest BCUT2D eigenvalue weighted by atomic mass is 32.1. The Labute approximate surface area is 183 Å². The summed E-state index contributed by atoms with van der Waals surface area (Å²) in [4.78, 5) is 17.2. The Morgan fingerprint density at radius 1 is 1.00 bits per heavy atom. The molecule has 0 atom stereocenters. The standard InChI is InChI=1S/C26H21NO3S/c1-2-3-12-30-26(29)18-9-8-17-15-22(28)21(14-19(17)13-18)25-27-24-20-7-5-4-6-16(20)10-11-23(24)31-25/h4-11,13-15,28H,2-3,12H2,1H3. The SMILES string of the molecule is CCCCOC(=O)c1ccc2cc(O)c(-c3nc4c(ccc5ccccc54)s3)cc2c1. The third kappa shape index (κ3) is 3.62. The van der Waals surface area contributed by atoms with Crippen LogP contribution in [0.5, 0.6) is 5.75 Å². The average molecular weight is 428 g/mol. The zero-order chi connectivity index (χ0) is 21.4. The fourth-order valence-electron chi connectivity index (χ4n) is 3.75. The van der Waals surface area contributed by atoms with Crippen molar-refractivity contribution >= 4 is 49.1 Å². The van der Waals surface area contributed by atoms with Gasteiger partial charge in [0.05, 0.1) is 28.0 Å². The van der Waals surface area contributed by atoms with Crippen molar-refractivity contribution in [2.24, 2.45) is 0 Å². The van der Waals surface area contributed by atoms with Gasteiger partial charge in [-0.05, 0) is 52.9 Å². The van der Waals surface area contributed by atoms with Crippen LogP contribution in [-0.4, -0.2) is 22.7 Å². The largest absolute Gasteiger partial charge is 0.507 e. The Bertz CT molecular complexity index is 1440. The van der Waals surface area contributed by atoms with Crippen molar-refractivity contribution < 1.29 is 14.6 Å². The van der Waals surface area contributed by atoms with Crippen LogP contribution in [0, 0.1) is 0 Å². The first-order valence-electron chi connectivity index (χ1n) is 10.4. The molecular weight excluding hydrogens is 406 g/mol. The molecule has 0 radical (unpaired) electrons. The van der Waals surface area contributed by atoms with E-state index < -0.39 is 0 Å². The van der Waals surface area contributed by atoms with Gasteiger partial charge in [-0.2, -0.15) is 0 Å². The molecule has 0 spiro atoms. The maximum atomic E-state index is 12.3. The number of thiazole rings is 1. The summed E-state index contributed by atoms with van der Waals surface area (Å²) in [7, 11) is 0. The zero-order valence-electron chi connectivity index (χ0n) is 17.1. The van der Waals surface area contributed by atoms with Gasteiger partial charge in [0.25, 0.3) is 0 Å². The van der Waals surface area contributed by atoms with Crippen LogP contribution < -0.4 is 0 Å². The topological polar surface area (TPSA) is 59.4 Å². The molecule has 0 aliphatic rings. The highest BCUT2D eigenvalue weighted by Gasteiger charge is 2.15. The predicted molar refractivity (Wildman–Crippen MR) is 127 cm³/mol. The molecule has 1 N–H and O–H groups in total. The van der Waals surface area contributed by atoms with E-state index in [1.54, 1.807) is 23.5 Å². The summed E-state index contributed by atoms with van der Waals surface area (Å²) in [5, 5.41) is 15.4. The van der Waals surface area contributed by atoms with Crippen LogP contribution in [0.15, 0.2) is 66.7 Å². The molecule has 0 aliphatic carbocycles. The number of esters is 1. The summed E-state index contributed by atoms with van der Waals surface area (Å²) in [6.45, 7) is 2.48. The van der Waals surface area contributed by atoms with E-state index in [-0.39, 0.29) is 11.7 Å². The summed E-state index contributed by atoms with van der Waals surface area (Å²) in [5.74, 6) is -0.148. The number of rotatable bonds is 5. The van der Waals surface area contributed by atoms with Gasteiger partial charge in [0.1, 0.15) is 10.8 Å². The van der Waals surface area contributed by atoms with Crippen molar-refractivity contribution in [3.8, 4) is 16.3 Å². The van der Waals surface area contributed by atoms with Crippen LogP contribution in [0.25, 0.3) is 42.3 Å². The van der Waals surface area contributed by atoms with Gasteiger partial charge < -0.3 is 9.84 Å². The number of ether oxygens (including phenoxy) is 1. The van der Waals surface area contributed by atoms with Crippen molar-refractivity contribution in [1.82, 2.24) is 4.98 Å². The second kappa shape index (κ2) is 8.00. The summed E-state index contributed by atoms with van der Waals surface area (Å²) in [5.41, 5.74) is 2.11. The van der Waals surface area contributed by atoms with Gasteiger partial charge in [-0.1, -0.05) is 49.7 Å². The Hall–Kier alpha value is -3.44. The molecule has 0 saturated carbocycles. The van der Waals surface area contributed by atoms with Gasteiger partial charge in [-0.25, -0.2) is 9.78 Å². The lowest BCUT2D eigenvalue weighted by molar-refractivity contribution is 0.0500. The van der Waals surface area contributed by atoms with E-state index in [1.807, 2.05) is 30.3 Å². The van der Waals surface area contributed by atoms with Gasteiger partial charge in [-0.15, -0.1) is 11.3 Å². The van der Waals surface area contributed by atoms with Gasteiger partial charge in [0, 0.05) is 5.39 Å². The summed E-state index contributed by atoms with van der Waals surface area (Å²) < 4.78 is 6.41. The lowest BCUT2D eigenvalue weighted by Gasteiger charge is -2.08. The predicted octanol–water partition coefficient (Wildman–Crippen LogP) is 6.93. The molecular formula is C26H21NO3S. The summed E-state index contributed by atoms with van der Waals surface area (Å²) in [6.07, 6.45) is 1.83. The van der Waals surface area contributed by atoms with Crippen molar-refractivity contribution in [2.45, 2.75) is 19.8 Å². The van der Waals surface area contributed by atoms with Crippen LogP contribution in [-0.2, 0) is 4.74 Å². The minimum atomic E-state index is -0.323. The molecule has 0 aliphatic heterocycles. The Kier molecular flexibility index (Phi) is 5.04. The van der Waals surface area contributed by atoms with Gasteiger partial charge >= 0.3 is 5.97 Å². The zero-order valence-corrected chi connectivity index (χ0v) is 17.9. The van der Waals surface area contributed by atoms with Gasteiger partial charge in [0.2, 0.25) is 0 Å². The number of phenolic OH excluding ortho intramolecular Hbond substituents is 1. The number of unbranched alkanes of at least 4 members (excludes halogenated alkanes) is 1. The van der Waals surface area contributed by atoms with Gasteiger partial charge in [0.15, 0.2) is 0 Å². The molecule has 0 unspecified atom stereocenters. The van der Waals surface area contributed by atoms with Gasteiger partial charge in [-0.3, -0.25) is 0 Å². The fraction of sp³-hybridized carbons (Fsp3) is 0.154. The minimum absolute atomic E-state index is 0.175. The maximum Gasteiger partial charge on any atom is 0.338 e. The minimum Gasteiger partial charge on any atom is -0.507 e. The third-order valence-corrected chi connectivity index (χ3v) is 6.49. The number of hydrogen-bond acceptors (Lipinski definition) is 5. The number of phenols is 1. The van der Waals surface area contributed by atoms with Crippen molar-refractivity contribution in [3.63, 3.8) is 0 Å².